The molecule has 0 saturated carbocycles. The fourth-order valence-electron chi connectivity index (χ4n) is 6.18. The summed E-state index contributed by atoms with van der Waals surface area (Å²) in [5.41, 5.74) is 2.30. The first-order valence-electron chi connectivity index (χ1n) is 17.1. The van der Waals surface area contributed by atoms with Gasteiger partial charge in [0.2, 0.25) is 15.9 Å². The highest BCUT2D eigenvalue weighted by Gasteiger charge is 2.44. The number of hydrogen-bond donors (Lipinski definition) is 3. The predicted molar refractivity (Wildman–Crippen MR) is 195 cm³/mol. The maximum atomic E-state index is 14.1. The smallest absolute Gasteiger partial charge is 0.328 e. The molecule has 52 heavy (non-hydrogen) atoms. The SMILES string of the molecule is CC(=O)c1cccc(CN2C(=O)CN([C@H](C(=O)N[C@@H](Cc3ccccc3)[C@@H](O)CN(CC(C)C)S(=O)(=O)c3ccc(C=NO)cc3)C(C)C)C2=O)c1. The molecule has 278 valence electrons. The van der Waals surface area contributed by atoms with E-state index in [1.165, 1.54) is 46.6 Å². The molecule has 14 heteroatoms. The number of amides is 4. The van der Waals surface area contributed by atoms with Crippen LogP contribution in [0.4, 0.5) is 4.79 Å². The van der Waals surface area contributed by atoms with Crippen LogP contribution >= 0.6 is 0 Å². The van der Waals surface area contributed by atoms with Crippen LogP contribution in [-0.4, -0.2) is 101 Å². The molecule has 0 aliphatic carbocycles. The molecule has 13 nitrogen and oxygen atoms in total. The van der Waals surface area contributed by atoms with E-state index in [1.807, 2.05) is 44.2 Å². The van der Waals surface area contributed by atoms with Crippen molar-refractivity contribution < 1.29 is 37.9 Å². The van der Waals surface area contributed by atoms with Crippen LogP contribution in [0.1, 0.15) is 61.7 Å². The van der Waals surface area contributed by atoms with Gasteiger partial charge in [-0.15, -0.1) is 0 Å². The fourth-order valence-corrected chi connectivity index (χ4v) is 7.81. The number of ketones is 1. The lowest BCUT2D eigenvalue weighted by molar-refractivity contribution is -0.129. The standard InChI is InChI=1S/C38H47N5O8S/c1-25(2)21-41(52(50,51)32-16-14-29(15-17-32)20-39-49)23-34(45)33(19-28-10-7-6-8-11-28)40-37(47)36(26(3)4)43-24-35(46)42(38(43)48)22-30-12-9-13-31(18-30)27(5)44/h6-18,20,25-26,33-34,36,45,49H,19,21-24H2,1-5H3,(H,40,47)/t33-,34-,36-/m0/s1. The molecule has 0 aromatic heterocycles. The third kappa shape index (κ3) is 9.90. The number of carbonyl (C=O) groups is 4. The van der Waals surface area contributed by atoms with Crippen molar-refractivity contribution in [1.82, 2.24) is 19.4 Å². The number of nitrogens with zero attached hydrogens (tertiary/aromatic N) is 4. The summed E-state index contributed by atoms with van der Waals surface area (Å²) < 4.78 is 28.9. The van der Waals surface area contributed by atoms with Crippen molar-refractivity contribution in [3.05, 3.63) is 101 Å². The van der Waals surface area contributed by atoms with E-state index in [0.29, 0.717) is 16.7 Å². The molecule has 1 saturated heterocycles. The topological polar surface area (TPSA) is 177 Å². The Bertz CT molecular complexity index is 1870. The van der Waals surface area contributed by atoms with Crippen molar-refractivity contribution in [2.75, 3.05) is 19.6 Å². The van der Waals surface area contributed by atoms with Crippen molar-refractivity contribution in [2.45, 2.75) is 70.7 Å². The van der Waals surface area contributed by atoms with Gasteiger partial charge in [-0.1, -0.05) is 93.5 Å². The van der Waals surface area contributed by atoms with E-state index in [2.05, 4.69) is 10.5 Å². The van der Waals surface area contributed by atoms with Crippen LogP contribution < -0.4 is 5.32 Å². The van der Waals surface area contributed by atoms with Gasteiger partial charge in [-0.2, -0.15) is 4.31 Å². The van der Waals surface area contributed by atoms with E-state index in [4.69, 9.17) is 5.21 Å². The molecule has 4 amide bonds. The van der Waals surface area contributed by atoms with Crippen molar-refractivity contribution in [3.8, 4) is 0 Å². The number of aliphatic hydroxyl groups excluding tert-OH is 1. The number of sulfonamides is 1. The minimum Gasteiger partial charge on any atom is -0.411 e. The van der Waals surface area contributed by atoms with E-state index in [9.17, 15) is 32.7 Å². The van der Waals surface area contributed by atoms with Gasteiger partial charge < -0.3 is 20.5 Å². The van der Waals surface area contributed by atoms with Crippen LogP contribution in [-0.2, 0) is 32.6 Å². The summed E-state index contributed by atoms with van der Waals surface area (Å²) in [7, 11) is -4.11. The first-order chi connectivity index (χ1) is 24.6. The summed E-state index contributed by atoms with van der Waals surface area (Å²) in [6.45, 7) is 7.95. The number of nitrogens with one attached hydrogen (secondary N) is 1. The normalized spacial score (nSPS) is 15.6. The van der Waals surface area contributed by atoms with Gasteiger partial charge in [0.1, 0.15) is 12.6 Å². The first-order valence-corrected chi connectivity index (χ1v) is 18.6. The molecule has 0 spiro atoms. The Labute approximate surface area is 305 Å². The molecule has 4 rings (SSSR count). The van der Waals surface area contributed by atoms with E-state index in [0.717, 1.165) is 10.5 Å². The number of carbonyl (C=O) groups excluding carboxylic acids is 4. The van der Waals surface area contributed by atoms with Crippen LogP contribution in [0.2, 0.25) is 0 Å². The van der Waals surface area contributed by atoms with Crippen LogP contribution in [0.3, 0.4) is 0 Å². The Balaban J connectivity index is 1.59. The van der Waals surface area contributed by atoms with Gasteiger partial charge in [0.25, 0.3) is 5.91 Å². The molecule has 3 aromatic rings. The monoisotopic (exact) mass is 733 g/mol. The van der Waals surface area contributed by atoms with Crippen molar-refractivity contribution in [1.29, 1.82) is 0 Å². The molecule has 1 aliphatic rings. The largest absolute Gasteiger partial charge is 0.411 e. The maximum Gasteiger partial charge on any atom is 0.328 e. The number of urea groups is 1. The second kappa shape index (κ2) is 17.5. The van der Waals surface area contributed by atoms with Crippen LogP contribution in [0, 0.1) is 11.8 Å². The number of oxime groups is 1. The molecule has 1 fully saturated rings. The number of benzene rings is 3. The van der Waals surface area contributed by atoms with E-state index in [-0.39, 0.29) is 49.2 Å². The average Bonchev–Trinajstić information content (AvgIpc) is 3.36. The van der Waals surface area contributed by atoms with E-state index >= 15 is 0 Å². The van der Waals surface area contributed by atoms with Crippen molar-refractivity contribution >= 4 is 39.9 Å². The zero-order valence-corrected chi connectivity index (χ0v) is 30.9. The Morgan fingerprint density at radius 1 is 0.942 bits per heavy atom. The van der Waals surface area contributed by atoms with Crippen LogP contribution in [0.5, 0.6) is 0 Å². The lowest BCUT2D eigenvalue weighted by Gasteiger charge is -2.34. The van der Waals surface area contributed by atoms with Crippen molar-refractivity contribution in [3.63, 3.8) is 0 Å². The molecule has 1 aliphatic heterocycles. The van der Waals surface area contributed by atoms with E-state index < -0.39 is 52.0 Å². The Hall–Kier alpha value is -4.92. The number of imide groups is 1. The Morgan fingerprint density at radius 2 is 1.60 bits per heavy atom. The minimum atomic E-state index is -4.11. The minimum absolute atomic E-state index is 0.0197. The predicted octanol–water partition coefficient (Wildman–Crippen LogP) is 3.92. The first kappa shape index (κ1) is 39.9. The van der Waals surface area contributed by atoms with Gasteiger partial charge in [-0.05, 0) is 60.1 Å². The molecular weight excluding hydrogens is 687 g/mol. The molecule has 0 radical (unpaired) electrons. The summed E-state index contributed by atoms with van der Waals surface area (Å²) in [5.74, 6) is -1.80. The molecule has 1 heterocycles. The van der Waals surface area contributed by atoms with E-state index in [1.54, 1.807) is 38.1 Å². The average molecular weight is 734 g/mol. The molecule has 0 bridgehead atoms. The van der Waals surface area contributed by atoms with Gasteiger partial charge in [0.05, 0.1) is 29.8 Å². The maximum absolute atomic E-state index is 14.1. The lowest BCUT2D eigenvalue weighted by atomic mass is 9.97. The summed E-state index contributed by atoms with van der Waals surface area (Å²) in [4.78, 5) is 55.1. The zero-order valence-electron chi connectivity index (χ0n) is 30.0. The Kier molecular flexibility index (Phi) is 13.4. The lowest BCUT2D eigenvalue weighted by Crippen LogP contribution is -2.57. The van der Waals surface area contributed by atoms with Gasteiger partial charge in [0.15, 0.2) is 5.78 Å². The van der Waals surface area contributed by atoms with Crippen LogP contribution in [0.15, 0.2) is 88.9 Å². The second-order valence-electron chi connectivity index (χ2n) is 13.7. The molecule has 3 aromatic carbocycles. The number of Topliss-reactive ketones (excluding diaryl/α,β-unsaturated/α-hetero) is 1. The van der Waals surface area contributed by atoms with Gasteiger partial charge in [-0.3, -0.25) is 19.3 Å². The highest BCUT2D eigenvalue weighted by molar-refractivity contribution is 7.89. The molecule has 3 N–H and O–H groups in total. The zero-order chi connectivity index (χ0) is 38.2. The number of rotatable bonds is 17. The summed E-state index contributed by atoms with van der Waals surface area (Å²) in [6.07, 6.45) is -0.0630. The number of aliphatic hydroxyl groups is 1. The summed E-state index contributed by atoms with van der Waals surface area (Å²) in [5, 5.41) is 26.5. The highest BCUT2D eigenvalue weighted by Crippen LogP contribution is 2.24. The highest BCUT2D eigenvalue weighted by atomic mass is 32.2. The molecular formula is C38H47N5O8S. The summed E-state index contributed by atoms with van der Waals surface area (Å²) >= 11 is 0. The van der Waals surface area contributed by atoms with Gasteiger partial charge >= 0.3 is 6.03 Å². The molecule has 3 atom stereocenters. The van der Waals surface area contributed by atoms with Crippen molar-refractivity contribution in [2.24, 2.45) is 17.0 Å². The number of hydrogen-bond acceptors (Lipinski definition) is 9. The molecule has 0 unspecified atom stereocenters. The van der Waals surface area contributed by atoms with Crippen LogP contribution in [0.25, 0.3) is 0 Å². The Morgan fingerprint density at radius 3 is 2.19 bits per heavy atom. The third-order valence-corrected chi connectivity index (χ3v) is 10.6. The second-order valence-corrected chi connectivity index (χ2v) is 15.7. The quantitative estimate of drug-likeness (QED) is 0.0615. The van der Waals surface area contributed by atoms with Gasteiger partial charge in [0, 0.05) is 18.7 Å². The fraction of sp³-hybridized carbons (Fsp3) is 0.395. The summed E-state index contributed by atoms with van der Waals surface area (Å²) in [6, 6.07) is 18.8. The van der Waals surface area contributed by atoms with Gasteiger partial charge in [-0.25, -0.2) is 13.2 Å². The third-order valence-electron chi connectivity index (χ3n) is 8.77.